The first-order chi connectivity index (χ1) is 14.3. The molecule has 1 aromatic heterocycles. The van der Waals surface area contributed by atoms with Crippen LogP contribution in [0.1, 0.15) is 23.2 Å². The Morgan fingerprint density at radius 2 is 2.00 bits per heavy atom. The number of thioether (sulfide) groups is 1. The van der Waals surface area contributed by atoms with Crippen molar-refractivity contribution in [3.63, 3.8) is 0 Å². The fourth-order valence-electron chi connectivity index (χ4n) is 3.56. The van der Waals surface area contributed by atoms with E-state index < -0.39 is 0 Å². The van der Waals surface area contributed by atoms with Gasteiger partial charge in [-0.15, -0.1) is 0 Å². The van der Waals surface area contributed by atoms with Crippen LogP contribution in [0.15, 0.2) is 66.0 Å². The number of para-hydroxylation sites is 1. The van der Waals surface area contributed by atoms with Crippen molar-refractivity contribution in [3.8, 4) is 17.0 Å². The van der Waals surface area contributed by atoms with E-state index >= 15 is 0 Å². The SMILES string of the molecule is COc1ccccc1C(=O)CSc1ncc(-c2ccccc2)n1CC1CCCO1. The van der Waals surface area contributed by atoms with Crippen LogP contribution in [0.25, 0.3) is 11.3 Å². The molecule has 150 valence electrons. The molecule has 2 aromatic carbocycles. The van der Waals surface area contributed by atoms with E-state index in [1.165, 1.54) is 11.8 Å². The van der Waals surface area contributed by atoms with Crippen LogP contribution in [-0.2, 0) is 11.3 Å². The Kier molecular flexibility index (Phi) is 6.32. The van der Waals surface area contributed by atoms with Gasteiger partial charge in [-0.05, 0) is 30.5 Å². The summed E-state index contributed by atoms with van der Waals surface area (Å²) in [5.41, 5.74) is 2.76. The van der Waals surface area contributed by atoms with Gasteiger partial charge in [-0.1, -0.05) is 54.2 Å². The maximum atomic E-state index is 12.8. The molecule has 0 amide bonds. The molecule has 1 aliphatic heterocycles. The van der Waals surface area contributed by atoms with Crippen molar-refractivity contribution in [3.05, 3.63) is 66.4 Å². The number of imidazole rings is 1. The number of rotatable bonds is 8. The summed E-state index contributed by atoms with van der Waals surface area (Å²) in [6, 6.07) is 17.5. The molecular formula is C23H24N2O3S. The van der Waals surface area contributed by atoms with E-state index in [2.05, 4.69) is 21.7 Å². The highest BCUT2D eigenvalue weighted by atomic mass is 32.2. The molecule has 0 aliphatic carbocycles. The fourth-order valence-corrected chi connectivity index (χ4v) is 4.44. The van der Waals surface area contributed by atoms with Gasteiger partial charge in [-0.25, -0.2) is 4.98 Å². The number of nitrogens with zero attached hydrogens (tertiary/aromatic N) is 2. The summed E-state index contributed by atoms with van der Waals surface area (Å²) in [5, 5.41) is 0.836. The van der Waals surface area contributed by atoms with Gasteiger partial charge in [-0.3, -0.25) is 4.79 Å². The van der Waals surface area contributed by atoms with Gasteiger partial charge in [-0.2, -0.15) is 0 Å². The molecule has 29 heavy (non-hydrogen) atoms. The molecule has 0 saturated carbocycles. The topological polar surface area (TPSA) is 53.3 Å². The number of ketones is 1. The fraction of sp³-hybridized carbons (Fsp3) is 0.304. The van der Waals surface area contributed by atoms with Crippen LogP contribution in [0.4, 0.5) is 0 Å². The van der Waals surface area contributed by atoms with Gasteiger partial charge in [0.2, 0.25) is 0 Å². The molecule has 5 nitrogen and oxygen atoms in total. The van der Waals surface area contributed by atoms with Crippen molar-refractivity contribution in [2.45, 2.75) is 30.6 Å². The Hall–Kier alpha value is -2.57. The van der Waals surface area contributed by atoms with Gasteiger partial charge in [0.25, 0.3) is 0 Å². The van der Waals surface area contributed by atoms with E-state index in [-0.39, 0.29) is 11.9 Å². The Balaban J connectivity index is 1.56. The van der Waals surface area contributed by atoms with Crippen molar-refractivity contribution in [2.75, 3.05) is 19.5 Å². The molecule has 0 radical (unpaired) electrons. The minimum Gasteiger partial charge on any atom is -0.496 e. The third kappa shape index (κ3) is 4.54. The summed E-state index contributed by atoms with van der Waals surface area (Å²) in [6.45, 7) is 1.56. The van der Waals surface area contributed by atoms with Crippen LogP contribution in [0.5, 0.6) is 5.75 Å². The number of aromatic nitrogens is 2. The van der Waals surface area contributed by atoms with Gasteiger partial charge >= 0.3 is 0 Å². The van der Waals surface area contributed by atoms with E-state index in [1.54, 1.807) is 13.2 Å². The Morgan fingerprint density at radius 1 is 1.21 bits per heavy atom. The van der Waals surface area contributed by atoms with Gasteiger partial charge in [0.1, 0.15) is 5.75 Å². The number of carbonyl (C=O) groups is 1. The van der Waals surface area contributed by atoms with Crippen LogP contribution in [0.3, 0.4) is 0 Å². The molecule has 1 aliphatic rings. The van der Waals surface area contributed by atoms with Crippen molar-refractivity contribution < 1.29 is 14.3 Å². The lowest BCUT2D eigenvalue weighted by molar-refractivity contribution is 0.0954. The number of carbonyl (C=O) groups excluding carboxylic acids is 1. The molecule has 1 atom stereocenters. The van der Waals surface area contributed by atoms with Crippen LogP contribution >= 0.6 is 11.8 Å². The highest BCUT2D eigenvalue weighted by molar-refractivity contribution is 7.99. The maximum absolute atomic E-state index is 12.8. The molecular weight excluding hydrogens is 384 g/mol. The molecule has 1 unspecified atom stereocenters. The zero-order valence-electron chi connectivity index (χ0n) is 16.4. The molecule has 0 N–H and O–H groups in total. The molecule has 3 aromatic rings. The number of hydrogen-bond donors (Lipinski definition) is 0. The monoisotopic (exact) mass is 408 g/mol. The average molecular weight is 409 g/mol. The van der Waals surface area contributed by atoms with Crippen LogP contribution in [0, 0.1) is 0 Å². The van der Waals surface area contributed by atoms with E-state index in [4.69, 9.17) is 9.47 Å². The molecule has 1 saturated heterocycles. The Morgan fingerprint density at radius 3 is 2.76 bits per heavy atom. The second-order valence-electron chi connectivity index (χ2n) is 6.95. The molecule has 0 bridgehead atoms. The number of methoxy groups -OCH3 is 1. The number of benzene rings is 2. The predicted molar refractivity (Wildman–Crippen MR) is 115 cm³/mol. The summed E-state index contributed by atoms with van der Waals surface area (Å²) < 4.78 is 13.4. The van der Waals surface area contributed by atoms with Crippen LogP contribution < -0.4 is 4.74 Å². The molecule has 6 heteroatoms. The van der Waals surface area contributed by atoms with Crippen molar-refractivity contribution in [1.29, 1.82) is 0 Å². The molecule has 0 spiro atoms. The largest absolute Gasteiger partial charge is 0.496 e. The third-order valence-electron chi connectivity index (χ3n) is 5.04. The van der Waals surface area contributed by atoms with Crippen molar-refractivity contribution >= 4 is 17.5 Å². The normalized spacial score (nSPS) is 16.1. The molecule has 2 heterocycles. The summed E-state index contributed by atoms with van der Waals surface area (Å²) >= 11 is 1.46. The maximum Gasteiger partial charge on any atom is 0.176 e. The smallest absolute Gasteiger partial charge is 0.176 e. The second-order valence-corrected chi connectivity index (χ2v) is 7.89. The Labute approximate surface area is 175 Å². The minimum atomic E-state index is 0.0281. The van der Waals surface area contributed by atoms with Gasteiger partial charge in [0, 0.05) is 6.61 Å². The van der Waals surface area contributed by atoms with Crippen LogP contribution in [0.2, 0.25) is 0 Å². The lowest BCUT2D eigenvalue weighted by Crippen LogP contribution is -2.17. The predicted octanol–water partition coefficient (Wildman–Crippen LogP) is 4.71. The lowest BCUT2D eigenvalue weighted by Gasteiger charge is -2.16. The number of hydrogen-bond acceptors (Lipinski definition) is 5. The first-order valence-electron chi connectivity index (χ1n) is 9.78. The molecule has 1 fully saturated rings. The number of Topliss-reactive ketones (excluding diaryl/α,β-unsaturated/α-hetero) is 1. The third-order valence-corrected chi connectivity index (χ3v) is 6.03. The second kappa shape index (κ2) is 9.29. The van der Waals surface area contributed by atoms with E-state index in [1.807, 2.05) is 42.6 Å². The summed E-state index contributed by atoms with van der Waals surface area (Å²) in [5.74, 6) is 0.933. The summed E-state index contributed by atoms with van der Waals surface area (Å²) in [6.07, 6.45) is 4.22. The first kappa shape index (κ1) is 19.7. The zero-order valence-corrected chi connectivity index (χ0v) is 17.2. The van der Waals surface area contributed by atoms with Crippen molar-refractivity contribution in [1.82, 2.24) is 9.55 Å². The zero-order chi connectivity index (χ0) is 20.1. The minimum absolute atomic E-state index is 0.0281. The highest BCUT2D eigenvalue weighted by Crippen LogP contribution is 2.29. The lowest BCUT2D eigenvalue weighted by atomic mass is 10.1. The van der Waals surface area contributed by atoms with E-state index in [0.29, 0.717) is 17.1 Å². The number of ether oxygens (including phenoxy) is 2. The summed E-state index contributed by atoms with van der Waals surface area (Å²) in [7, 11) is 1.58. The highest BCUT2D eigenvalue weighted by Gasteiger charge is 2.21. The Bertz CT molecular complexity index is 965. The van der Waals surface area contributed by atoms with Crippen LogP contribution in [-0.4, -0.2) is 40.9 Å². The summed E-state index contributed by atoms with van der Waals surface area (Å²) in [4.78, 5) is 17.4. The quantitative estimate of drug-likeness (QED) is 0.399. The van der Waals surface area contributed by atoms with Gasteiger partial charge in [0.05, 0.1) is 43.0 Å². The molecule has 4 rings (SSSR count). The van der Waals surface area contributed by atoms with E-state index in [9.17, 15) is 4.79 Å². The van der Waals surface area contributed by atoms with Gasteiger partial charge < -0.3 is 14.0 Å². The van der Waals surface area contributed by atoms with E-state index in [0.717, 1.165) is 42.4 Å². The van der Waals surface area contributed by atoms with Crippen molar-refractivity contribution in [2.24, 2.45) is 0 Å². The average Bonchev–Trinajstić information content (AvgIpc) is 3.43. The first-order valence-corrected chi connectivity index (χ1v) is 10.8. The standard InChI is InChI=1S/C23H24N2O3S/c1-27-22-12-6-5-11-19(22)21(26)16-29-23-24-14-20(17-8-3-2-4-9-17)25(23)15-18-10-7-13-28-18/h2-6,8-9,11-12,14,18H,7,10,13,15-16H2,1H3. The van der Waals surface area contributed by atoms with Gasteiger partial charge in [0.15, 0.2) is 10.9 Å².